The fourth-order valence-corrected chi connectivity index (χ4v) is 3.63. The highest BCUT2D eigenvalue weighted by Gasteiger charge is 2.28. The van der Waals surface area contributed by atoms with Crippen molar-refractivity contribution in [1.82, 2.24) is 10.2 Å². The summed E-state index contributed by atoms with van der Waals surface area (Å²) in [5.74, 6) is -0.143. The van der Waals surface area contributed by atoms with Gasteiger partial charge in [-0.15, -0.1) is 0 Å². The van der Waals surface area contributed by atoms with Gasteiger partial charge < -0.3 is 10.2 Å². The van der Waals surface area contributed by atoms with E-state index in [0.29, 0.717) is 19.4 Å². The largest absolute Gasteiger partial charge is 0.350 e. The van der Waals surface area contributed by atoms with Crippen molar-refractivity contribution < 1.29 is 9.59 Å². The van der Waals surface area contributed by atoms with Crippen LogP contribution in [-0.4, -0.2) is 28.3 Å². The Hall–Kier alpha value is -2.62. The number of nitrogens with zero attached hydrogens (tertiary/aromatic N) is 1. The first-order valence-electron chi connectivity index (χ1n) is 11.5. The number of benzene rings is 2. The molecule has 4 heteroatoms. The van der Waals surface area contributed by atoms with Gasteiger partial charge >= 0.3 is 0 Å². The van der Waals surface area contributed by atoms with E-state index in [2.05, 4.69) is 56.4 Å². The molecular formula is C28H40N2O2. The maximum Gasteiger partial charge on any atom is 0.242 e. The Kier molecular flexibility index (Phi) is 8.28. The Morgan fingerprint density at radius 2 is 1.56 bits per heavy atom. The molecule has 2 aromatic rings. The second-order valence-corrected chi connectivity index (χ2v) is 10.9. The van der Waals surface area contributed by atoms with Crippen LogP contribution in [0.15, 0.2) is 48.5 Å². The third-order valence-electron chi connectivity index (χ3n) is 5.55. The highest BCUT2D eigenvalue weighted by atomic mass is 16.2. The molecule has 0 saturated heterocycles. The summed E-state index contributed by atoms with van der Waals surface area (Å²) in [4.78, 5) is 27.9. The van der Waals surface area contributed by atoms with Crippen molar-refractivity contribution in [2.24, 2.45) is 0 Å². The number of carbonyl (C=O) groups excluding carboxylic acids is 2. The average Bonchev–Trinajstić information content (AvgIpc) is 2.68. The van der Waals surface area contributed by atoms with Crippen LogP contribution < -0.4 is 5.32 Å². The Morgan fingerprint density at radius 1 is 0.938 bits per heavy atom. The molecule has 0 heterocycles. The predicted octanol–water partition coefficient (Wildman–Crippen LogP) is 5.56. The minimum atomic E-state index is -0.550. The lowest BCUT2D eigenvalue weighted by atomic mass is 9.86. The monoisotopic (exact) mass is 436 g/mol. The molecule has 2 rings (SSSR count). The van der Waals surface area contributed by atoms with Crippen molar-refractivity contribution in [1.29, 1.82) is 0 Å². The van der Waals surface area contributed by atoms with E-state index in [-0.39, 0.29) is 22.8 Å². The molecule has 0 aliphatic carbocycles. The Bertz CT molecular complexity index is 918. The highest BCUT2D eigenvalue weighted by molar-refractivity contribution is 5.87. The summed E-state index contributed by atoms with van der Waals surface area (Å²) < 4.78 is 0. The maximum atomic E-state index is 13.3. The van der Waals surface area contributed by atoms with E-state index in [9.17, 15) is 9.59 Å². The second-order valence-electron chi connectivity index (χ2n) is 10.9. The molecule has 0 fully saturated rings. The Labute approximate surface area is 194 Å². The standard InChI is InChI=1S/C28H40N2O2/c1-20-10-9-11-23(18-20)19-30(21(2)26(32)29-28(6,7)8)25(31)17-14-22-12-15-24(16-13-22)27(3,4)5/h9-13,15-16,18,21H,14,17,19H2,1-8H3,(H,29,32)/t21-/m0/s1. The SMILES string of the molecule is Cc1cccc(CN(C(=O)CCc2ccc(C(C)(C)C)cc2)[C@@H](C)C(=O)NC(C)(C)C)c1. The molecule has 0 bridgehead atoms. The van der Waals surface area contributed by atoms with Crippen LogP contribution in [0.2, 0.25) is 0 Å². The molecule has 0 radical (unpaired) electrons. The van der Waals surface area contributed by atoms with Gasteiger partial charge in [0.15, 0.2) is 0 Å². The van der Waals surface area contributed by atoms with Gasteiger partial charge in [0.1, 0.15) is 6.04 Å². The van der Waals surface area contributed by atoms with Crippen LogP contribution in [0.25, 0.3) is 0 Å². The van der Waals surface area contributed by atoms with Crippen molar-refractivity contribution in [3.8, 4) is 0 Å². The third kappa shape index (κ3) is 7.81. The zero-order valence-corrected chi connectivity index (χ0v) is 21.1. The summed E-state index contributed by atoms with van der Waals surface area (Å²) in [5, 5.41) is 3.01. The minimum Gasteiger partial charge on any atom is -0.350 e. The summed E-state index contributed by atoms with van der Waals surface area (Å²) in [6.07, 6.45) is 1.02. The smallest absolute Gasteiger partial charge is 0.242 e. The molecule has 2 amide bonds. The van der Waals surface area contributed by atoms with Crippen LogP contribution in [0.1, 0.15) is 77.1 Å². The number of rotatable bonds is 7. The average molecular weight is 437 g/mol. The normalized spacial score (nSPS) is 12.9. The maximum absolute atomic E-state index is 13.3. The lowest BCUT2D eigenvalue weighted by Gasteiger charge is -2.31. The van der Waals surface area contributed by atoms with E-state index in [1.165, 1.54) is 5.56 Å². The van der Waals surface area contributed by atoms with Gasteiger partial charge in [-0.2, -0.15) is 0 Å². The van der Waals surface area contributed by atoms with E-state index in [1.54, 1.807) is 4.90 Å². The quantitative estimate of drug-likeness (QED) is 0.618. The van der Waals surface area contributed by atoms with Gasteiger partial charge in [0.05, 0.1) is 0 Å². The van der Waals surface area contributed by atoms with Gasteiger partial charge in [-0.1, -0.05) is 74.9 Å². The molecule has 0 unspecified atom stereocenters. The van der Waals surface area contributed by atoms with Gasteiger partial charge in [0, 0.05) is 18.5 Å². The topological polar surface area (TPSA) is 49.4 Å². The number of hydrogen-bond acceptors (Lipinski definition) is 2. The van der Waals surface area contributed by atoms with Gasteiger partial charge in [-0.05, 0) is 63.1 Å². The molecule has 2 aromatic carbocycles. The van der Waals surface area contributed by atoms with Crippen LogP contribution in [0.3, 0.4) is 0 Å². The molecule has 0 aliphatic rings. The third-order valence-corrected chi connectivity index (χ3v) is 5.55. The molecule has 4 nitrogen and oxygen atoms in total. The second kappa shape index (κ2) is 10.3. The fraction of sp³-hybridized carbons (Fsp3) is 0.500. The van der Waals surface area contributed by atoms with Crippen molar-refractivity contribution in [3.05, 3.63) is 70.8 Å². The Balaban J connectivity index is 2.16. The van der Waals surface area contributed by atoms with Crippen LogP contribution in [0.5, 0.6) is 0 Å². The van der Waals surface area contributed by atoms with Crippen LogP contribution in [0.4, 0.5) is 0 Å². The van der Waals surface area contributed by atoms with Crippen molar-refractivity contribution >= 4 is 11.8 Å². The molecule has 1 atom stereocenters. The minimum absolute atomic E-state index is 0.0111. The summed E-state index contributed by atoms with van der Waals surface area (Å²) in [5.41, 5.74) is 4.34. The van der Waals surface area contributed by atoms with E-state index in [4.69, 9.17) is 0 Å². The highest BCUT2D eigenvalue weighted by Crippen LogP contribution is 2.23. The first-order valence-corrected chi connectivity index (χ1v) is 11.5. The first-order chi connectivity index (χ1) is 14.8. The summed E-state index contributed by atoms with van der Waals surface area (Å²) in [6, 6.07) is 16.0. The van der Waals surface area contributed by atoms with Gasteiger partial charge in [-0.3, -0.25) is 9.59 Å². The lowest BCUT2D eigenvalue weighted by Crippen LogP contribution is -2.52. The molecular weight excluding hydrogens is 396 g/mol. The van der Waals surface area contributed by atoms with Crippen molar-refractivity contribution in [2.75, 3.05) is 0 Å². The van der Waals surface area contributed by atoms with E-state index in [1.807, 2.05) is 52.8 Å². The first kappa shape index (κ1) is 25.6. The Morgan fingerprint density at radius 3 is 2.09 bits per heavy atom. The fourth-order valence-electron chi connectivity index (χ4n) is 3.63. The lowest BCUT2D eigenvalue weighted by molar-refractivity contribution is -0.141. The molecule has 0 spiro atoms. The van der Waals surface area contributed by atoms with E-state index in [0.717, 1.165) is 16.7 Å². The van der Waals surface area contributed by atoms with Crippen molar-refractivity contribution in [2.45, 2.75) is 91.8 Å². The van der Waals surface area contributed by atoms with E-state index < -0.39 is 6.04 Å². The van der Waals surface area contributed by atoms with Crippen molar-refractivity contribution in [3.63, 3.8) is 0 Å². The molecule has 174 valence electrons. The number of hydrogen-bond donors (Lipinski definition) is 1. The van der Waals surface area contributed by atoms with Gasteiger partial charge in [0.2, 0.25) is 11.8 Å². The molecule has 0 aliphatic heterocycles. The van der Waals surface area contributed by atoms with Crippen LogP contribution in [0, 0.1) is 6.92 Å². The summed E-state index contributed by atoms with van der Waals surface area (Å²) in [6.45, 7) is 16.7. The van der Waals surface area contributed by atoms with Crippen LogP contribution in [-0.2, 0) is 28.0 Å². The summed E-state index contributed by atoms with van der Waals surface area (Å²) in [7, 11) is 0. The van der Waals surface area contributed by atoms with E-state index >= 15 is 0 Å². The number of nitrogens with one attached hydrogen (secondary N) is 1. The number of aryl methyl sites for hydroxylation is 2. The van der Waals surface area contributed by atoms with Crippen LogP contribution >= 0.6 is 0 Å². The molecule has 0 aromatic heterocycles. The summed E-state index contributed by atoms with van der Waals surface area (Å²) >= 11 is 0. The van der Waals surface area contributed by atoms with Gasteiger partial charge in [0.25, 0.3) is 0 Å². The zero-order valence-electron chi connectivity index (χ0n) is 21.1. The number of amides is 2. The van der Waals surface area contributed by atoms with Gasteiger partial charge in [-0.25, -0.2) is 0 Å². The molecule has 0 saturated carbocycles. The molecule has 1 N–H and O–H groups in total. The predicted molar refractivity (Wildman–Crippen MR) is 133 cm³/mol. The number of carbonyl (C=O) groups is 2. The molecule has 32 heavy (non-hydrogen) atoms. The zero-order chi connectivity index (χ0) is 24.1.